The average molecular weight is 136 g/mol. The molecule has 1 radical (unpaired) electrons. The molecule has 0 saturated heterocycles. The van der Waals surface area contributed by atoms with E-state index in [0.29, 0.717) is 5.16 Å². The third kappa shape index (κ3) is 2.61. The van der Waals surface area contributed by atoms with Gasteiger partial charge in [-0.15, -0.1) is 12.6 Å². The van der Waals surface area contributed by atoms with Crippen LogP contribution in [0, 0.1) is 0 Å². The molecular weight excluding hydrogens is 133 g/mol. The Hall–Kier alpha value is 0.360. The molecule has 5 heteroatoms. The van der Waals surface area contributed by atoms with E-state index in [9.17, 15) is 0 Å². The Morgan fingerprint density at radius 2 is 1.75 bits per heavy atom. The quantitative estimate of drug-likeness (QED) is 0.396. The average Bonchev–Trinajstić information content (AvgIpc) is 1.69. The van der Waals surface area contributed by atoms with Crippen molar-refractivity contribution in [3.8, 4) is 0 Å². The van der Waals surface area contributed by atoms with E-state index < -0.39 is 0 Å². The van der Waals surface area contributed by atoms with Gasteiger partial charge < -0.3 is 0 Å². The molecular formula is C3H3N3NaS. The van der Waals surface area contributed by atoms with Crippen LogP contribution in [0.2, 0.25) is 0 Å². The predicted octanol–water partition coefficient (Wildman–Crippen LogP) is -0.221. The van der Waals surface area contributed by atoms with Crippen molar-refractivity contribution in [2.24, 2.45) is 0 Å². The molecule has 1 rings (SSSR count). The molecule has 0 fully saturated rings. The Morgan fingerprint density at radius 1 is 1.25 bits per heavy atom. The second-order valence-electron chi connectivity index (χ2n) is 0.938. The molecule has 0 aromatic carbocycles. The minimum atomic E-state index is 0. The Morgan fingerprint density at radius 3 is 2.00 bits per heavy atom. The molecule has 8 heavy (non-hydrogen) atoms. The summed E-state index contributed by atoms with van der Waals surface area (Å²) in [6, 6.07) is 0. The van der Waals surface area contributed by atoms with E-state index in [1.165, 1.54) is 12.7 Å². The summed E-state index contributed by atoms with van der Waals surface area (Å²) in [5.41, 5.74) is 0. The first-order valence-electron chi connectivity index (χ1n) is 1.70. The maximum absolute atomic E-state index is 3.82. The molecule has 0 amide bonds. The van der Waals surface area contributed by atoms with Gasteiger partial charge in [-0.1, -0.05) is 0 Å². The summed E-state index contributed by atoms with van der Waals surface area (Å²) >= 11 is 3.82. The Kier molecular flexibility index (Phi) is 4.45. The van der Waals surface area contributed by atoms with Gasteiger partial charge in [-0.05, 0) is 0 Å². The van der Waals surface area contributed by atoms with E-state index in [1.54, 1.807) is 0 Å². The third-order valence-corrected chi connectivity index (χ3v) is 0.711. The van der Waals surface area contributed by atoms with Crippen molar-refractivity contribution in [3.05, 3.63) is 12.7 Å². The minimum absolute atomic E-state index is 0. The first-order valence-corrected chi connectivity index (χ1v) is 2.15. The Bertz CT molecular complexity index is 144. The van der Waals surface area contributed by atoms with Crippen LogP contribution in [0.25, 0.3) is 0 Å². The Labute approximate surface area is 74.7 Å². The van der Waals surface area contributed by atoms with Gasteiger partial charge in [0.1, 0.15) is 12.7 Å². The minimum Gasteiger partial charge on any atom is -0.225 e. The molecule has 1 aromatic heterocycles. The van der Waals surface area contributed by atoms with Gasteiger partial charge in [-0.2, -0.15) is 0 Å². The molecule has 1 heterocycles. The van der Waals surface area contributed by atoms with E-state index in [0.717, 1.165) is 0 Å². The SMILES string of the molecule is Sc1ncncn1.[Na]. The molecule has 0 aliphatic rings. The molecule has 1 aromatic rings. The van der Waals surface area contributed by atoms with Gasteiger partial charge in [-0.25, -0.2) is 15.0 Å². The smallest absolute Gasteiger partial charge is 0.187 e. The van der Waals surface area contributed by atoms with Crippen LogP contribution in [0.5, 0.6) is 0 Å². The standard InChI is InChI=1S/C3H3N3S.Na/c7-3-5-1-4-2-6-3;/h1-2H,(H,4,5,6,7);. The molecule has 0 aliphatic heterocycles. The summed E-state index contributed by atoms with van der Waals surface area (Å²) < 4.78 is 0. The monoisotopic (exact) mass is 136 g/mol. The summed E-state index contributed by atoms with van der Waals surface area (Å²) in [7, 11) is 0. The maximum atomic E-state index is 3.82. The molecule has 0 bridgehead atoms. The topological polar surface area (TPSA) is 38.7 Å². The second-order valence-corrected chi connectivity index (χ2v) is 1.34. The maximum Gasteiger partial charge on any atom is 0.187 e. The van der Waals surface area contributed by atoms with Crippen molar-refractivity contribution in [2.75, 3.05) is 0 Å². The number of aromatic nitrogens is 3. The van der Waals surface area contributed by atoms with Crippen LogP contribution < -0.4 is 0 Å². The fraction of sp³-hybridized carbons (Fsp3) is 0. The third-order valence-electron chi connectivity index (χ3n) is 0.480. The van der Waals surface area contributed by atoms with Gasteiger partial charge in [0, 0.05) is 29.6 Å². The molecule has 37 valence electrons. The number of nitrogens with zero attached hydrogens (tertiary/aromatic N) is 3. The molecule has 0 N–H and O–H groups in total. The molecule has 0 aliphatic carbocycles. The van der Waals surface area contributed by atoms with Crippen molar-refractivity contribution in [1.29, 1.82) is 0 Å². The van der Waals surface area contributed by atoms with Gasteiger partial charge >= 0.3 is 0 Å². The van der Waals surface area contributed by atoms with E-state index in [4.69, 9.17) is 0 Å². The van der Waals surface area contributed by atoms with Gasteiger partial charge in [0.2, 0.25) is 0 Å². The fourth-order valence-corrected chi connectivity index (χ4v) is 0.336. The molecule has 0 saturated carbocycles. The van der Waals surface area contributed by atoms with Crippen molar-refractivity contribution >= 4 is 42.2 Å². The normalized spacial score (nSPS) is 7.62. The van der Waals surface area contributed by atoms with Crippen molar-refractivity contribution in [2.45, 2.75) is 5.16 Å². The van der Waals surface area contributed by atoms with Crippen LogP contribution in [0.15, 0.2) is 17.8 Å². The van der Waals surface area contributed by atoms with Crippen molar-refractivity contribution in [3.63, 3.8) is 0 Å². The summed E-state index contributed by atoms with van der Waals surface area (Å²) in [6.07, 6.45) is 2.80. The summed E-state index contributed by atoms with van der Waals surface area (Å²) in [5.74, 6) is 0. The van der Waals surface area contributed by atoms with E-state index >= 15 is 0 Å². The molecule has 0 spiro atoms. The second kappa shape index (κ2) is 4.26. The predicted molar refractivity (Wildman–Crippen MR) is 32.8 cm³/mol. The first kappa shape index (κ1) is 8.36. The van der Waals surface area contributed by atoms with Crippen LogP contribution in [-0.4, -0.2) is 44.5 Å². The van der Waals surface area contributed by atoms with E-state index in [-0.39, 0.29) is 29.6 Å². The van der Waals surface area contributed by atoms with Crippen molar-refractivity contribution in [1.82, 2.24) is 15.0 Å². The van der Waals surface area contributed by atoms with Crippen LogP contribution >= 0.6 is 12.6 Å². The summed E-state index contributed by atoms with van der Waals surface area (Å²) in [6.45, 7) is 0. The van der Waals surface area contributed by atoms with E-state index in [1.807, 2.05) is 0 Å². The van der Waals surface area contributed by atoms with E-state index in [2.05, 4.69) is 27.6 Å². The largest absolute Gasteiger partial charge is 0.225 e. The number of thiol groups is 1. The van der Waals surface area contributed by atoms with Gasteiger partial charge in [-0.3, -0.25) is 0 Å². The Balaban J connectivity index is 0.000000490. The van der Waals surface area contributed by atoms with Crippen LogP contribution in [0.1, 0.15) is 0 Å². The molecule has 3 nitrogen and oxygen atoms in total. The summed E-state index contributed by atoms with van der Waals surface area (Å²) in [5, 5.41) is 0.454. The fourth-order valence-electron chi connectivity index (χ4n) is 0.233. The van der Waals surface area contributed by atoms with Crippen LogP contribution in [0.4, 0.5) is 0 Å². The summed E-state index contributed by atoms with van der Waals surface area (Å²) in [4.78, 5) is 10.8. The number of hydrogen-bond acceptors (Lipinski definition) is 4. The van der Waals surface area contributed by atoms with Crippen molar-refractivity contribution < 1.29 is 0 Å². The number of hydrogen-bond donors (Lipinski definition) is 1. The first-order chi connectivity index (χ1) is 3.39. The van der Waals surface area contributed by atoms with Gasteiger partial charge in [0.15, 0.2) is 5.16 Å². The van der Waals surface area contributed by atoms with Gasteiger partial charge in [0.25, 0.3) is 0 Å². The zero-order chi connectivity index (χ0) is 5.11. The zero-order valence-electron chi connectivity index (χ0n) is 4.44. The van der Waals surface area contributed by atoms with Crippen LogP contribution in [-0.2, 0) is 0 Å². The van der Waals surface area contributed by atoms with Gasteiger partial charge in [0.05, 0.1) is 0 Å². The number of rotatable bonds is 0. The zero-order valence-corrected chi connectivity index (χ0v) is 7.34. The molecule has 0 unspecified atom stereocenters. The van der Waals surface area contributed by atoms with Crippen LogP contribution in [0.3, 0.4) is 0 Å². The molecule has 0 atom stereocenters.